The van der Waals surface area contributed by atoms with E-state index in [0.717, 1.165) is 19.6 Å². The van der Waals surface area contributed by atoms with E-state index in [1.807, 2.05) is 5.06 Å². The van der Waals surface area contributed by atoms with Gasteiger partial charge in [-0.05, 0) is 17.9 Å². The Labute approximate surface area is 82.1 Å². The maximum atomic E-state index is 5.73. The Morgan fingerprint density at radius 1 is 1.69 bits per heavy atom. The van der Waals surface area contributed by atoms with Gasteiger partial charge in [0, 0.05) is 18.0 Å². The van der Waals surface area contributed by atoms with Crippen LogP contribution >= 0.6 is 11.3 Å². The minimum absolute atomic E-state index is 0.252. The molecule has 3 nitrogen and oxygen atoms in total. The fourth-order valence-electron chi connectivity index (χ4n) is 1.57. The maximum absolute atomic E-state index is 5.73. The van der Waals surface area contributed by atoms with Crippen LogP contribution < -0.4 is 5.73 Å². The molecule has 2 N–H and O–H groups in total. The van der Waals surface area contributed by atoms with E-state index in [1.165, 1.54) is 4.88 Å². The van der Waals surface area contributed by atoms with Gasteiger partial charge in [0.2, 0.25) is 0 Å². The molecule has 1 aliphatic rings. The van der Waals surface area contributed by atoms with Crippen molar-refractivity contribution in [2.24, 2.45) is 5.73 Å². The summed E-state index contributed by atoms with van der Waals surface area (Å²) in [5.41, 5.74) is 5.73. The Bertz CT molecular complexity index is 244. The third kappa shape index (κ3) is 1.91. The summed E-state index contributed by atoms with van der Waals surface area (Å²) in [4.78, 5) is 6.79. The minimum atomic E-state index is 0.252. The lowest BCUT2D eigenvalue weighted by Gasteiger charge is -2.23. The lowest BCUT2D eigenvalue weighted by Crippen LogP contribution is -2.29. The fourth-order valence-corrected chi connectivity index (χ4v) is 2.41. The van der Waals surface area contributed by atoms with E-state index in [4.69, 9.17) is 10.6 Å². The van der Waals surface area contributed by atoms with Crippen LogP contribution in [0.3, 0.4) is 0 Å². The molecule has 1 aromatic heterocycles. The Morgan fingerprint density at radius 2 is 2.62 bits per heavy atom. The number of rotatable bonds is 3. The van der Waals surface area contributed by atoms with Gasteiger partial charge in [-0.15, -0.1) is 11.3 Å². The summed E-state index contributed by atoms with van der Waals surface area (Å²) in [5.74, 6) is 0. The molecule has 0 aromatic carbocycles. The fraction of sp³-hybridized carbons (Fsp3) is 0.556. The highest BCUT2D eigenvalue weighted by molar-refractivity contribution is 7.10. The summed E-state index contributed by atoms with van der Waals surface area (Å²) in [6.07, 6.45) is 1.11. The lowest BCUT2D eigenvalue weighted by molar-refractivity contribution is -0.139. The Hall–Kier alpha value is -0.420. The van der Waals surface area contributed by atoms with Crippen molar-refractivity contribution in [3.05, 3.63) is 22.4 Å². The highest BCUT2D eigenvalue weighted by atomic mass is 32.1. The first-order valence-corrected chi connectivity index (χ1v) is 5.43. The summed E-state index contributed by atoms with van der Waals surface area (Å²) in [5, 5.41) is 4.08. The summed E-state index contributed by atoms with van der Waals surface area (Å²) >= 11 is 1.74. The van der Waals surface area contributed by atoms with Crippen molar-refractivity contribution in [1.29, 1.82) is 0 Å². The molecule has 1 saturated heterocycles. The summed E-state index contributed by atoms with van der Waals surface area (Å²) in [6.45, 7) is 2.46. The molecule has 0 bridgehead atoms. The molecule has 0 spiro atoms. The Morgan fingerprint density at radius 3 is 3.15 bits per heavy atom. The van der Waals surface area contributed by atoms with Crippen molar-refractivity contribution >= 4 is 11.3 Å². The zero-order valence-corrected chi connectivity index (χ0v) is 8.30. The van der Waals surface area contributed by atoms with E-state index < -0.39 is 0 Å². The number of hydrogen-bond acceptors (Lipinski definition) is 4. The van der Waals surface area contributed by atoms with Gasteiger partial charge in [-0.3, -0.25) is 4.84 Å². The van der Waals surface area contributed by atoms with E-state index in [-0.39, 0.29) is 6.04 Å². The molecule has 13 heavy (non-hydrogen) atoms. The number of hydrogen-bond donors (Lipinski definition) is 1. The first-order valence-electron chi connectivity index (χ1n) is 4.55. The molecule has 72 valence electrons. The topological polar surface area (TPSA) is 38.5 Å². The highest BCUT2D eigenvalue weighted by Gasteiger charge is 2.23. The van der Waals surface area contributed by atoms with Crippen LogP contribution in [0, 0.1) is 0 Å². The molecule has 0 radical (unpaired) electrons. The van der Waals surface area contributed by atoms with Crippen LogP contribution in [0.15, 0.2) is 17.5 Å². The molecule has 2 rings (SSSR count). The normalized spacial score (nSPS) is 20.7. The lowest BCUT2D eigenvalue weighted by atomic mass is 10.2. The Kier molecular flexibility index (Phi) is 2.95. The van der Waals surface area contributed by atoms with Gasteiger partial charge in [0.25, 0.3) is 0 Å². The molecule has 0 saturated carbocycles. The van der Waals surface area contributed by atoms with E-state index >= 15 is 0 Å². The molecule has 4 heteroatoms. The van der Waals surface area contributed by atoms with Crippen molar-refractivity contribution in [2.45, 2.75) is 12.5 Å². The monoisotopic (exact) mass is 198 g/mol. The van der Waals surface area contributed by atoms with Gasteiger partial charge >= 0.3 is 0 Å². The van der Waals surface area contributed by atoms with Gasteiger partial charge in [-0.1, -0.05) is 6.07 Å². The maximum Gasteiger partial charge on any atom is 0.0816 e. The van der Waals surface area contributed by atoms with Crippen molar-refractivity contribution in [2.75, 3.05) is 19.7 Å². The predicted molar refractivity (Wildman–Crippen MR) is 53.4 cm³/mol. The van der Waals surface area contributed by atoms with E-state index in [0.29, 0.717) is 6.54 Å². The van der Waals surface area contributed by atoms with Crippen molar-refractivity contribution in [3.8, 4) is 0 Å². The Balaban J connectivity index is 2.08. The SMILES string of the molecule is NCC(c1cccs1)N1CCCO1. The molecule has 1 atom stereocenters. The quantitative estimate of drug-likeness (QED) is 0.797. The smallest absolute Gasteiger partial charge is 0.0816 e. The van der Waals surface area contributed by atoms with Gasteiger partial charge in [0.05, 0.1) is 12.6 Å². The first kappa shape index (κ1) is 9.15. The van der Waals surface area contributed by atoms with Crippen LogP contribution in [0.1, 0.15) is 17.3 Å². The summed E-state index contributed by atoms with van der Waals surface area (Å²) in [7, 11) is 0. The van der Waals surface area contributed by atoms with E-state index in [2.05, 4.69) is 17.5 Å². The first-order chi connectivity index (χ1) is 6.42. The second kappa shape index (κ2) is 4.19. The molecule has 1 aromatic rings. The minimum Gasteiger partial charge on any atom is -0.328 e. The van der Waals surface area contributed by atoms with Gasteiger partial charge in [0.15, 0.2) is 0 Å². The van der Waals surface area contributed by atoms with Crippen LogP contribution in [-0.2, 0) is 4.84 Å². The highest BCUT2D eigenvalue weighted by Crippen LogP contribution is 2.26. The summed E-state index contributed by atoms with van der Waals surface area (Å²) < 4.78 is 0. The molecule has 0 amide bonds. The van der Waals surface area contributed by atoms with Crippen LogP contribution in [0.4, 0.5) is 0 Å². The standard InChI is InChI=1S/C9H14N2OS/c10-7-8(9-3-1-6-13-9)11-4-2-5-12-11/h1,3,6,8H,2,4-5,7,10H2. The summed E-state index contributed by atoms with van der Waals surface area (Å²) in [6, 6.07) is 4.42. The molecule has 1 aliphatic heterocycles. The third-order valence-electron chi connectivity index (χ3n) is 2.22. The molecule has 0 aliphatic carbocycles. The predicted octanol–water partition coefficient (Wildman–Crippen LogP) is 1.39. The second-order valence-electron chi connectivity index (χ2n) is 3.09. The van der Waals surface area contributed by atoms with Crippen molar-refractivity contribution < 1.29 is 4.84 Å². The zero-order chi connectivity index (χ0) is 9.10. The number of nitrogens with zero attached hydrogens (tertiary/aromatic N) is 1. The largest absolute Gasteiger partial charge is 0.328 e. The molecular weight excluding hydrogens is 184 g/mol. The number of thiophene rings is 1. The van der Waals surface area contributed by atoms with E-state index in [1.54, 1.807) is 11.3 Å². The van der Waals surface area contributed by atoms with Gasteiger partial charge in [0.1, 0.15) is 0 Å². The molecule has 1 fully saturated rings. The number of nitrogens with two attached hydrogens (primary N) is 1. The van der Waals surface area contributed by atoms with Crippen LogP contribution in [-0.4, -0.2) is 24.8 Å². The zero-order valence-electron chi connectivity index (χ0n) is 7.48. The molecular formula is C9H14N2OS. The van der Waals surface area contributed by atoms with Gasteiger partial charge in [-0.25, -0.2) is 0 Å². The van der Waals surface area contributed by atoms with Crippen molar-refractivity contribution in [3.63, 3.8) is 0 Å². The van der Waals surface area contributed by atoms with Crippen LogP contribution in [0.5, 0.6) is 0 Å². The van der Waals surface area contributed by atoms with Gasteiger partial charge < -0.3 is 5.73 Å². The van der Waals surface area contributed by atoms with Gasteiger partial charge in [-0.2, -0.15) is 5.06 Å². The third-order valence-corrected chi connectivity index (χ3v) is 3.20. The number of hydroxylamine groups is 2. The van der Waals surface area contributed by atoms with E-state index in [9.17, 15) is 0 Å². The average molecular weight is 198 g/mol. The van der Waals surface area contributed by atoms with Crippen molar-refractivity contribution in [1.82, 2.24) is 5.06 Å². The van der Waals surface area contributed by atoms with Crippen LogP contribution in [0.25, 0.3) is 0 Å². The molecule has 2 heterocycles. The molecule has 1 unspecified atom stereocenters. The van der Waals surface area contributed by atoms with Crippen LogP contribution in [0.2, 0.25) is 0 Å². The average Bonchev–Trinajstić information content (AvgIpc) is 2.76. The second-order valence-corrected chi connectivity index (χ2v) is 4.07.